The van der Waals surface area contributed by atoms with Crippen LogP contribution >= 0.6 is 0 Å². The van der Waals surface area contributed by atoms with Gasteiger partial charge in [0, 0.05) is 24.9 Å². The van der Waals surface area contributed by atoms with Gasteiger partial charge in [0.1, 0.15) is 0 Å². The summed E-state index contributed by atoms with van der Waals surface area (Å²) in [4.78, 5) is 12.7. The van der Waals surface area contributed by atoms with E-state index in [0.717, 1.165) is 26.3 Å². The highest BCUT2D eigenvalue weighted by Gasteiger charge is 2.07. The summed E-state index contributed by atoms with van der Waals surface area (Å²) >= 11 is 0. The molecular formula is C8H14N2O2. The summed E-state index contributed by atoms with van der Waals surface area (Å²) in [5.74, 6) is -0.360. The van der Waals surface area contributed by atoms with Crippen molar-refractivity contribution in [3.05, 3.63) is 11.8 Å². The topological polar surface area (TPSA) is 55.6 Å². The summed E-state index contributed by atoms with van der Waals surface area (Å²) in [5, 5.41) is 0. The fourth-order valence-electron chi connectivity index (χ4n) is 1.04. The lowest BCUT2D eigenvalue weighted by Gasteiger charge is -2.25. The van der Waals surface area contributed by atoms with Crippen molar-refractivity contribution in [1.29, 1.82) is 0 Å². The van der Waals surface area contributed by atoms with E-state index >= 15 is 0 Å². The molecule has 0 bridgehead atoms. The van der Waals surface area contributed by atoms with E-state index in [-0.39, 0.29) is 5.91 Å². The molecule has 12 heavy (non-hydrogen) atoms. The van der Waals surface area contributed by atoms with E-state index < -0.39 is 0 Å². The molecule has 0 atom stereocenters. The lowest BCUT2D eigenvalue weighted by atomic mass is 10.3. The maximum absolute atomic E-state index is 10.7. The Morgan fingerprint density at radius 2 is 2.08 bits per heavy atom. The molecule has 2 N–H and O–H groups in total. The second-order valence-electron chi connectivity index (χ2n) is 2.82. The van der Waals surface area contributed by atoms with Gasteiger partial charge in [-0.2, -0.15) is 0 Å². The standard InChI is InChI=1S/C8H14N2O2/c1-7(8(9)11)6-10-2-4-12-5-3-10/h6H,2-5H2,1H3,(H2,9,11)/b7-6+. The molecule has 1 amide bonds. The van der Waals surface area contributed by atoms with Gasteiger partial charge in [0.2, 0.25) is 5.91 Å². The number of nitrogens with two attached hydrogens (primary N) is 1. The van der Waals surface area contributed by atoms with Gasteiger partial charge in [0.25, 0.3) is 0 Å². The number of morpholine rings is 1. The molecule has 1 aliphatic rings. The number of ether oxygens (including phenoxy) is 1. The van der Waals surface area contributed by atoms with E-state index in [4.69, 9.17) is 10.5 Å². The highest BCUT2D eigenvalue weighted by Crippen LogP contribution is 2.00. The number of rotatable bonds is 2. The zero-order valence-corrected chi connectivity index (χ0v) is 7.25. The molecule has 4 heteroatoms. The molecule has 0 spiro atoms. The van der Waals surface area contributed by atoms with E-state index in [1.807, 2.05) is 4.90 Å². The van der Waals surface area contributed by atoms with Gasteiger partial charge >= 0.3 is 0 Å². The number of carbonyl (C=O) groups excluding carboxylic acids is 1. The number of hydrogen-bond acceptors (Lipinski definition) is 3. The molecule has 0 aromatic carbocycles. The average molecular weight is 170 g/mol. The maximum Gasteiger partial charge on any atom is 0.245 e. The Kier molecular flexibility index (Phi) is 3.10. The molecule has 0 unspecified atom stereocenters. The maximum atomic E-state index is 10.7. The second kappa shape index (κ2) is 4.11. The van der Waals surface area contributed by atoms with Crippen LogP contribution in [0.25, 0.3) is 0 Å². The molecule has 4 nitrogen and oxygen atoms in total. The first kappa shape index (κ1) is 9.06. The van der Waals surface area contributed by atoms with Crippen molar-refractivity contribution in [3.8, 4) is 0 Å². The van der Waals surface area contributed by atoms with E-state index in [0.29, 0.717) is 5.57 Å². The van der Waals surface area contributed by atoms with E-state index in [9.17, 15) is 4.79 Å². The fourth-order valence-corrected chi connectivity index (χ4v) is 1.04. The van der Waals surface area contributed by atoms with Crippen LogP contribution in [0.15, 0.2) is 11.8 Å². The van der Waals surface area contributed by atoms with E-state index in [1.165, 1.54) is 0 Å². The molecule has 1 saturated heterocycles. The molecule has 0 aliphatic carbocycles. The molecule has 0 aromatic heterocycles. The summed E-state index contributed by atoms with van der Waals surface area (Å²) in [6.07, 6.45) is 1.80. The molecular weight excluding hydrogens is 156 g/mol. The van der Waals surface area contributed by atoms with Gasteiger partial charge in [-0.1, -0.05) is 0 Å². The lowest BCUT2D eigenvalue weighted by Crippen LogP contribution is -2.33. The Bertz CT molecular complexity index is 195. The van der Waals surface area contributed by atoms with Crippen molar-refractivity contribution in [2.24, 2.45) is 5.73 Å². The Hall–Kier alpha value is -1.03. The Morgan fingerprint density at radius 1 is 1.50 bits per heavy atom. The first-order valence-corrected chi connectivity index (χ1v) is 4.00. The van der Waals surface area contributed by atoms with Crippen LogP contribution in [0.1, 0.15) is 6.92 Å². The van der Waals surface area contributed by atoms with Gasteiger partial charge in [-0.15, -0.1) is 0 Å². The second-order valence-corrected chi connectivity index (χ2v) is 2.82. The smallest absolute Gasteiger partial charge is 0.245 e. The van der Waals surface area contributed by atoms with Crippen LogP contribution in [0, 0.1) is 0 Å². The predicted molar refractivity (Wildman–Crippen MR) is 45.3 cm³/mol. The van der Waals surface area contributed by atoms with Crippen molar-refractivity contribution < 1.29 is 9.53 Å². The van der Waals surface area contributed by atoms with Gasteiger partial charge in [0.15, 0.2) is 0 Å². The number of carbonyl (C=O) groups is 1. The quantitative estimate of drug-likeness (QED) is 0.579. The molecule has 0 saturated carbocycles. The first-order valence-electron chi connectivity index (χ1n) is 4.00. The zero-order chi connectivity index (χ0) is 8.97. The molecule has 1 rings (SSSR count). The summed E-state index contributed by atoms with van der Waals surface area (Å²) < 4.78 is 5.15. The fraction of sp³-hybridized carbons (Fsp3) is 0.625. The van der Waals surface area contributed by atoms with Crippen molar-refractivity contribution >= 4 is 5.91 Å². The number of hydrogen-bond donors (Lipinski definition) is 1. The number of primary amides is 1. The van der Waals surface area contributed by atoms with Gasteiger partial charge in [-0.05, 0) is 6.92 Å². The number of nitrogens with zero attached hydrogens (tertiary/aromatic N) is 1. The lowest BCUT2D eigenvalue weighted by molar-refractivity contribution is -0.114. The Balaban J connectivity index is 2.47. The van der Waals surface area contributed by atoms with Crippen LogP contribution in [0.5, 0.6) is 0 Å². The third-order valence-electron chi connectivity index (χ3n) is 1.81. The van der Waals surface area contributed by atoms with Gasteiger partial charge in [-0.3, -0.25) is 4.79 Å². The van der Waals surface area contributed by atoms with Crippen LogP contribution in [0.4, 0.5) is 0 Å². The van der Waals surface area contributed by atoms with Crippen molar-refractivity contribution in [1.82, 2.24) is 4.90 Å². The van der Waals surface area contributed by atoms with Crippen molar-refractivity contribution in [2.75, 3.05) is 26.3 Å². The van der Waals surface area contributed by atoms with Gasteiger partial charge in [0.05, 0.1) is 13.2 Å². The Labute approximate surface area is 72.0 Å². The SMILES string of the molecule is C/C(=C\N1CCOCC1)C(N)=O. The van der Waals surface area contributed by atoms with E-state index in [2.05, 4.69) is 0 Å². The molecule has 1 heterocycles. The van der Waals surface area contributed by atoms with Gasteiger partial charge < -0.3 is 15.4 Å². The molecule has 0 radical (unpaired) electrons. The summed E-state index contributed by atoms with van der Waals surface area (Å²) in [6.45, 7) is 4.85. The largest absolute Gasteiger partial charge is 0.378 e. The first-order chi connectivity index (χ1) is 5.70. The molecule has 68 valence electrons. The summed E-state index contributed by atoms with van der Waals surface area (Å²) in [5.41, 5.74) is 5.68. The van der Waals surface area contributed by atoms with Gasteiger partial charge in [-0.25, -0.2) is 0 Å². The zero-order valence-electron chi connectivity index (χ0n) is 7.25. The van der Waals surface area contributed by atoms with Crippen molar-refractivity contribution in [2.45, 2.75) is 6.92 Å². The molecule has 1 fully saturated rings. The minimum atomic E-state index is -0.360. The highest BCUT2D eigenvalue weighted by molar-refractivity contribution is 5.91. The third kappa shape index (κ3) is 2.54. The minimum Gasteiger partial charge on any atom is -0.378 e. The van der Waals surface area contributed by atoms with Crippen LogP contribution in [0.2, 0.25) is 0 Å². The summed E-state index contributed by atoms with van der Waals surface area (Å²) in [6, 6.07) is 0. The predicted octanol–water partition coefficient (Wildman–Crippen LogP) is -0.292. The molecule has 1 aliphatic heterocycles. The minimum absolute atomic E-state index is 0.360. The summed E-state index contributed by atoms with van der Waals surface area (Å²) in [7, 11) is 0. The van der Waals surface area contributed by atoms with Crippen LogP contribution in [-0.2, 0) is 9.53 Å². The van der Waals surface area contributed by atoms with E-state index in [1.54, 1.807) is 13.1 Å². The van der Waals surface area contributed by atoms with Crippen LogP contribution in [0.3, 0.4) is 0 Å². The number of amides is 1. The Morgan fingerprint density at radius 3 is 2.58 bits per heavy atom. The third-order valence-corrected chi connectivity index (χ3v) is 1.81. The normalized spacial score (nSPS) is 19.4. The van der Waals surface area contributed by atoms with Crippen LogP contribution in [-0.4, -0.2) is 37.1 Å². The van der Waals surface area contributed by atoms with Crippen molar-refractivity contribution in [3.63, 3.8) is 0 Å². The monoisotopic (exact) mass is 170 g/mol. The molecule has 0 aromatic rings. The average Bonchev–Trinajstić information content (AvgIpc) is 2.06. The van der Waals surface area contributed by atoms with Crippen LogP contribution < -0.4 is 5.73 Å². The highest BCUT2D eigenvalue weighted by atomic mass is 16.5.